The third kappa shape index (κ3) is 3.83. The molecule has 14 heavy (non-hydrogen) atoms. The van der Waals surface area contributed by atoms with Crippen LogP contribution < -0.4 is 0 Å². The highest BCUT2D eigenvalue weighted by molar-refractivity contribution is 5.09. The van der Waals surface area contributed by atoms with E-state index in [0.29, 0.717) is 13.1 Å². The van der Waals surface area contributed by atoms with Crippen LogP contribution in [0.2, 0.25) is 0 Å². The van der Waals surface area contributed by atoms with Gasteiger partial charge < -0.3 is 10.2 Å². The third-order valence-electron chi connectivity index (χ3n) is 1.99. The Labute approximate surface area is 83.8 Å². The van der Waals surface area contributed by atoms with Gasteiger partial charge in [-0.2, -0.15) is 0 Å². The second-order valence-corrected chi connectivity index (χ2v) is 3.08. The highest BCUT2D eigenvalue weighted by Gasteiger charge is 2.03. The molecule has 0 unspecified atom stereocenters. The van der Waals surface area contributed by atoms with Crippen molar-refractivity contribution < 1.29 is 10.2 Å². The number of hydrogen-bond acceptors (Lipinski definition) is 4. The summed E-state index contributed by atoms with van der Waals surface area (Å²) >= 11 is 0. The van der Waals surface area contributed by atoms with Gasteiger partial charge in [0.2, 0.25) is 0 Å². The predicted molar refractivity (Wildman–Crippen MR) is 53.7 cm³/mol. The maximum absolute atomic E-state index is 8.81. The first-order valence-corrected chi connectivity index (χ1v) is 4.70. The summed E-state index contributed by atoms with van der Waals surface area (Å²) in [7, 11) is 0. The van der Waals surface area contributed by atoms with Gasteiger partial charge >= 0.3 is 0 Å². The van der Waals surface area contributed by atoms with Crippen LogP contribution in [0.25, 0.3) is 0 Å². The van der Waals surface area contributed by atoms with Crippen LogP contribution in [-0.2, 0) is 6.54 Å². The largest absolute Gasteiger partial charge is 0.395 e. The van der Waals surface area contributed by atoms with E-state index in [1.165, 1.54) is 0 Å². The van der Waals surface area contributed by atoms with E-state index in [1.807, 2.05) is 17.0 Å². The Morgan fingerprint density at radius 1 is 1.07 bits per heavy atom. The SMILES string of the molecule is OCCN(CCO)Cc1ccncc1. The quantitative estimate of drug-likeness (QED) is 0.665. The highest BCUT2D eigenvalue weighted by Crippen LogP contribution is 2.01. The van der Waals surface area contributed by atoms with E-state index in [2.05, 4.69) is 4.98 Å². The molecule has 4 nitrogen and oxygen atoms in total. The van der Waals surface area contributed by atoms with Gasteiger partial charge in [-0.1, -0.05) is 0 Å². The zero-order valence-corrected chi connectivity index (χ0v) is 8.13. The molecule has 2 N–H and O–H groups in total. The first-order valence-electron chi connectivity index (χ1n) is 4.70. The molecule has 0 atom stereocenters. The lowest BCUT2D eigenvalue weighted by Gasteiger charge is -2.19. The zero-order valence-electron chi connectivity index (χ0n) is 8.13. The number of pyridine rings is 1. The standard InChI is InChI=1S/C10H16N2O2/c13-7-5-12(6-8-14)9-10-1-3-11-4-2-10/h1-4,13-14H,5-9H2. The van der Waals surface area contributed by atoms with Gasteiger partial charge in [-0.3, -0.25) is 9.88 Å². The fourth-order valence-corrected chi connectivity index (χ4v) is 1.30. The number of aliphatic hydroxyl groups excluding tert-OH is 2. The van der Waals surface area contributed by atoms with Crippen molar-refractivity contribution in [3.63, 3.8) is 0 Å². The highest BCUT2D eigenvalue weighted by atomic mass is 16.3. The molecule has 0 bridgehead atoms. The van der Waals surface area contributed by atoms with Crippen molar-refractivity contribution in [2.24, 2.45) is 0 Å². The fraction of sp³-hybridized carbons (Fsp3) is 0.500. The summed E-state index contributed by atoms with van der Waals surface area (Å²) < 4.78 is 0. The van der Waals surface area contributed by atoms with E-state index in [9.17, 15) is 0 Å². The smallest absolute Gasteiger partial charge is 0.0558 e. The maximum atomic E-state index is 8.81. The van der Waals surface area contributed by atoms with Crippen molar-refractivity contribution in [1.29, 1.82) is 0 Å². The van der Waals surface area contributed by atoms with Gasteiger partial charge in [0, 0.05) is 32.0 Å². The number of hydrogen-bond donors (Lipinski definition) is 2. The minimum Gasteiger partial charge on any atom is -0.395 e. The van der Waals surface area contributed by atoms with Crippen LogP contribution in [0, 0.1) is 0 Å². The van der Waals surface area contributed by atoms with Crippen molar-refractivity contribution in [1.82, 2.24) is 9.88 Å². The van der Waals surface area contributed by atoms with Gasteiger partial charge in [-0.15, -0.1) is 0 Å². The first kappa shape index (κ1) is 11.1. The molecule has 1 rings (SSSR count). The molecule has 1 heterocycles. The Morgan fingerprint density at radius 3 is 2.14 bits per heavy atom. The molecule has 1 aromatic rings. The van der Waals surface area contributed by atoms with Gasteiger partial charge in [0.25, 0.3) is 0 Å². The summed E-state index contributed by atoms with van der Waals surface area (Å²) in [6.07, 6.45) is 3.48. The molecule has 1 aromatic heterocycles. The van der Waals surface area contributed by atoms with Gasteiger partial charge in [0.05, 0.1) is 13.2 Å². The summed E-state index contributed by atoms with van der Waals surface area (Å²) in [5.74, 6) is 0. The molecule has 0 saturated carbocycles. The first-order chi connectivity index (χ1) is 6.86. The summed E-state index contributed by atoms with van der Waals surface area (Å²) in [5, 5.41) is 17.6. The predicted octanol–water partition coefficient (Wildman–Crippen LogP) is -0.132. The second kappa shape index (κ2) is 6.48. The van der Waals surface area contributed by atoms with Crippen LogP contribution in [0.3, 0.4) is 0 Å². The van der Waals surface area contributed by atoms with Crippen molar-refractivity contribution >= 4 is 0 Å². The summed E-state index contributed by atoms with van der Waals surface area (Å²) in [6.45, 7) is 2.14. The van der Waals surface area contributed by atoms with E-state index in [1.54, 1.807) is 12.4 Å². The van der Waals surface area contributed by atoms with E-state index in [4.69, 9.17) is 10.2 Å². The molecule has 0 fully saturated rings. The third-order valence-corrected chi connectivity index (χ3v) is 1.99. The molecule has 0 aliphatic heterocycles. The summed E-state index contributed by atoms with van der Waals surface area (Å²) in [4.78, 5) is 5.92. The molecule has 0 radical (unpaired) electrons. The van der Waals surface area contributed by atoms with Crippen LogP contribution in [0.15, 0.2) is 24.5 Å². The average molecular weight is 196 g/mol. The molecule has 0 aromatic carbocycles. The van der Waals surface area contributed by atoms with Crippen LogP contribution in [-0.4, -0.2) is 46.4 Å². The zero-order chi connectivity index (χ0) is 10.2. The van der Waals surface area contributed by atoms with Gasteiger partial charge in [-0.05, 0) is 17.7 Å². The number of nitrogens with zero attached hydrogens (tertiary/aromatic N) is 2. The Morgan fingerprint density at radius 2 is 1.64 bits per heavy atom. The van der Waals surface area contributed by atoms with Gasteiger partial charge in [0.1, 0.15) is 0 Å². The second-order valence-electron chi connectivity index (χ2n) is 3.08. The molecule has 0 amide bonds. The van der Waals surface area contributed by atoms with Crippen LogP contribution in [0.4, 0.5) is 0 Å². The molecule has 4 heteroatoms. The molecule has 0 spiro atoms. The van der Waals surface area contributed by atoms with Gasteiger partial charge in [0.15, 0.2) is 0 Å². The topological polar surface area (TPSA) is 56.6 Å². The van der Waals surface area contributed by atoms with Crippen LogP contribution in [0.1, 0.15) is 5.56 Å². The Kier molecular flexibility index (Phi) is 5.14. The molecule has 78 valence electrons. The minimum atomic E-state index is 0.116. The van der Waals surface area contributed by atoms with E-state index in [-0.39, 0.29) is 13.2 Å². The van der Waals surface area contributed by atoms with Gasteiger partial charge in [-0.25, -0.2) is 0 Å². The minimum absolute atomic E-state index is 0.116. The Bertz CT molecular complexity index is 235. The lowest BCUT2D eigenvalue weighted by molar-refractivity contribution is 0.156. The monoisotopic (exact) mass is 196 g/mol. The Hall–Kier alpha value is -0.970. The Balaban J connectivity index is 2.46. The van der Waals surface area contributed by atoms with Crippen LogP contribution >= 0.6 is 0 Å². The lowest BCUT2D eigenvalue weighted by Crippen LogP contribution is -2.29. The van der Waals surface area contributed by atoms with Crippen molar-refractivity contribution in [3.8, 4) is 0 Å². The van der Waals surface area contributed by atoms with Crippen molar-refractivity contribution in [2.75, 3.05) is 26.3 Å². The van der Waals surface area contributed by atoms with Crippen LogP contribution in [0.5, 0.6) is 0 Å². The number of aromatic nitrogens is 1. The normalized spacial score (nSPS) is 10.8. The lowest BCUT2D eigenvalue weighted by atomic mass is 10.2. The van der Waals surface area contributed by atoms with E-state index >= 15 is 0 Å². The maximum Gasteiger partial charge on any atom is 0.0558 e. The van der Waals surface area contributed by atoms with Crippen molar-refractivity contribution in [3.05, 3.63) is 30.1 Å². The van der Waals surface area contributed by atoms with E-state index < -0.39 is 0 Å². The molecule has 0 aliphatic carbocycles. The summed E-state index contributed by atoms with van der Waals surface area (Å²) in [6, 6.07) is 3.86. The van der Waals surface area contributed by atoms with E-state index in [0.717, 1.165) is 12.1 Å². The molecule has 0 aliphatic rings. The number of aliphatic hydroxyl groups is 2. The summed E-state index contributed by atoms with van der Waals surface area (Å²) in [5.41, 5.74) is 1.14. The molecular formula is C10H16N2O2. The average Bonchev–Trinajstić information content (AvgIpc) is 2.20. The van der Waals surface area contributed by atoms with Crippen molar-refractivity contribution in [2.45, 2.75) is 6.54 Å². The molecule has 0 saturated heterocycles. The number of rotatable bonds is 6. The molecular weight excluding hydrogens is 180 g/mol. The fourth-order valence-electron chi connectivity index (χ4n) is 1.30.